The van der Waals surface area contributed by atoms with E-state index in [-0.39, 0.29) is 12.5 Å². The molecule has 0 aliphatic rings. The number of rotatable bonds is 6. The first-order valence-electron chi connectivity index (χ1n) is 5.83. The van der Waals surface area contributed by atoms with Gasteiger partial charge in [-0.25, -0.2) is 0 Å². The fourth-order valence-electron chi connectivity index (χ4n) is 1.67. The Morgan fingerprint density at radius 1 is 1.39 bits per heavy atom. The lowest BCUT2D eigenvalue weighted by Gasteiger charge is -2.18. The molecule has 2 N–H and O–H groups in total. The molecule has 4 nitrogen and oxygen atoms in total. The first-order chi connectivity index (χ1) is 8.52. The van der Waals surface area contributed by atoms with Crippen LogP contribution in [0.1, 0.15) is 18.9 Å². The summed E-state index contributed by atoms with van der Waals surface area (Å²) in [5, 5.41) is 0. The summed E-state index contributed by atoms with van der Waals surface area (Å²) in [6.45, 7) is 2.33. The predicted molar refractivity (Wildman–Crippen MR) is 73.9 cm³/mol. The lowest BCUT2D eigenvalue weighted by atomic mass is 10.1. The molecule has 0 atom stereocenters. The zero-order valence-corrected chi connectivity index (χ0v) is 11.9. The predicted octanol–water partition coefficient (Wildman–Crippen LogP) is 1.72. The second-order valence-corrected chi connectivity index (χ2v) is 4.92. The summed E-state index contributed by atoms with van der Waals surface area (Å²) in [5.41, 5.74) is 6.19. The number of primary amides is 1. The van der Waals surface area contributed by atoms with E-state index in [4.69, 9.17) is 5.73 Å². The van der Waals surface area contributed by atoms with Crippen molar-refractivity contribution in [1.82, 2.24) is 4.90 Å². The van der Waals surface area contributed by atoms with Crippen LogP contribution in [0.5, 0.6) is 0 Å². The van der Waals surface area contributed by atoms with Crippen molar-refractivity contribution in [1.29, 1.82) is 0 Å². The summed E-state index contributed by atoms with van der Waals surface area (Å²) in [4.78, 5) is 24.2. The van der Waals surface area contributed by atoms with E-state index in [1.165, 1.54) is 4.90 Å². The maximum atomic E-state index is 11.9. The Kier molecular flexibility index (Phi) is 5.85. The van der Waals surface area contributed by atoms with Crippen LogP contribution in [-0.4, -0.2) is 29.8 Å². The van der Waals surface area contributed by atoms with Gasteiger partial charge in [0.1, 0.15) is 0 Å². The lowest BCUT2D eigenvalue weighted by molar-refractivity contribution is -0.134. The summed E-state index contributed by atoms with van der Waals surface area (Å²) >= 11 is 3.39. The Hall–Kier alpha value is -1.36. The molecule has 0 saturated heterocycles. The van der Waals surface area contributed by atoms with Crippen LogP contribution in [0.2, 0.25) is 0 Å². The molecule has 1 aromatic rings. The van der Waals surface area contributed by atoms with Crippen molar-refractivity contribution in [2.24, 2.45) is 5.73 Å². The number of hydrogen-bond acceptors (Lipinski definition) is 2. The van der Waals surface area contributed by atoms with Crippen LogP contribution in [-0.2, 0) is 16.0 Å². The van der Waals surface area contributed by atoms with Crippen LogP contribution in [0.3, 0.4) is 0 Å². The summed E-state index contributed by atoms with van der Waals surface area (Å²) in [6.07, 6.45) is 1.05. The fourth-order valence-corrected chi connectivity index (χ4v) is 2.11. The van der Waals surface area contributed by atoms with Gasteiger partial charge in [0.25, 0.3) is 0 Å². The third-order valence-electron chi connectivity index (χ3n) is 2.60. The fraction of sp³-hybridized carbons (Fsp3) is 0.385. The zero-order chi connectivity index (χ0) is 13.5. The highest BCUT2D eigenvalue weighted by Crippen LogP contribution is 2.13. The molecular formula is C13H17BrN2O2. The van der Waals surface area contributed by atoms with Gasteiger partial charge in [-0.3, -0.25) is 9.59 Å². The minimum Gasteiger partial charge on any atom is -0.368 e. The molecule has 1 rings (SSSR count). The Morgan fingerprint density at radius 3 is 2.67 bits per heavy atom. The molecule has 0 unspecified atom stereocenters. The van der Waals surface area contributed by atoms with Crippen LogP contribution in [0, 0.1) is 0 Å². The van der Waals surface area contributed by atoms with Gasteiger partial charge in [-0.05, 0) is 31.0 Å². The van der Waals surface area contributed by atoms with Crippen molar-refractivity contribution < 1.29 is 9.59 Å². The van der Waals surface area contributed by atoms with Gasteiger partial charge in [0.15, 0.2) is 0 Å². The van der Waals surface area contributed by atoms with Gasteiger partial charge in [0, 0.05) is 17.4 Å². The number of nitrogens with zero attached hydrogens (tertiary/aromatic N) is 1. The van der Waals surface area contributed by atoms with E-state index in [0.29, 0.717) is 19.4 Å². The number of benzene rings is 1. The number of carbonyl (C=O) groups is 2. The molecule has 0 aliphatic carbocycles. The number of nitrogens with two attached hydrogens (primary N) is 1. The van der Waals surface area contributed by atoms with Crippen molar-refractivity contribution in [3.8, 4) is 0 Å². The van der Waals surface area contributed by atoms with Crippen LogP contribution in [0.4, 0.5) is 0 Å². The molecule has 98 valence electrons. The Labute approximate surface area is 115 Å². The van der Waals surface area contributed by atoms with Gasteiger partial charge >= 0.3 is 0 Å². The van der Waals surface area contributed by atoms with Crippen LogP contribution in [0.15, 0.2) is 28.7 Å². The summed E-state index contributed by atoms with van der Waals surface area (Å²) in [6, 6.07) is 7.84. The van der Waals surface area contributed by atoms with Gasteiger partial charge in [-0.1, -0.05) is 28.1 Å². The number of carbonyl (C=O) groups excluding carboxylic acids is 2. The average molecular weight is 313 g/mol. The third-order valence-corrected chi connectivity index (χ3v) is 3.09. The van der Waals surface area contributed by atoms with E-state index in [1.54, 1.807) is 0 Å². The quantitative estimate of drug-likeness (QED) is 0.869. The molecule has 0 saturated carbocycles. The molecule has 0 heterocycles. The molecule has 18 heavy (non-hydrogen) atoms. The van der Waals surface area contributed by atoms with E-state index < -0.39 is 5.91 Å². The van der Waals surface area contributed by atoms with Gasteiger partial charge in [0.05, 0.1) is 6.54 Å². The normalized spacial score (nSPS) is 10.1. The molecule has 5 heteroatoms. The molecule has 0 bridgehead atoms. The number of hydrogen-bond donors (Lipinski definition) is 1. The van der Waals surface area contributed by atoms with Crippen LogP contribution < -0.4 is 5.73 Å². The molecule has 0 radical (unpaired) electrons. The summed E-state index contributed by atoms with van der Waals surface area (Å²) in [5.74, 6) is -0.524. The topological polar surface area (TPSA) is 63.4 Å². The van der Waals surface area contributed by atoms with Crippen LogP contribution in [0.25, 0.3) is 0 Å². The maximum Gasteiger partial charge on any atom is 0.237 e. The molecular weight excluding hydrogens is 296 g/mol. The summed E-state index contributed by atoms with van der Waals surface area (Å²) < 4.78 is 0.997. The molecule has 2 amide bonds. The van der Waals surface area contributed by atoms with Gasteiger partial charge in [-0.2, -0.15) is 0 Å². The lowest BCUT2D eigenvalue weighted by Crippen LogP contribution is -2.38. The van der Waals surface area contributed by atoms with E-state index in [9.17, 15) is 9.59 Å². The number of amides is 2. The maximum absolute atomic E-state index is 11.9. The molecule has 0 aromatic heterocycles. The highest BCUT2D eigenvalue weighted by atomic mass is 79.9. The summed E-state index contributed by atoms with van der Waals surface area (Å²) in [7, 11) is 0. The molecule has 0 spiro atoms. The van der Waals surface area contributed by atoms with E-state index in [1.807, 2.05) is 31.2 Å². The zero-order valence-electron chi connectivity index (χ0n) is 10.4. The van der Waals surface area contributed by atoms with E-state index in [2.05, 4.69) is 15.9 Å². The van der Waals surface area contributed by atoms with Gasteiger partial charge in [-0.15, -0.1) is 0 Å². The molecule has 0 aliphatic heterocycles. The monoisotopic (exact) mass is 312 g/mol. The number of halogens is 1. The number of aryl methyl sites for hydroxylation is 1. The van der Waals surface area contributed by atoms with E-state index >= 15 is 0 Å². The van der Waals surface area contributed by atoms with Gasteiger partial charge < -0.3 is 10.6 Å². The van der Waals surface area contributed by atoms with Crippen LogP contribution >= 0.6 is 15.9 Å². The first kappa shape index (κ1) is 14.7. The van der Waals surface area contributed by atoms with Crippen molar-refractivity contribution >= 4 is 27.7 Å². The average Bonchev–Trinajstić information content (AvgIpc) is 2.33. The Bertz CT molecular complexity index is 435. The minimum atomic E-state index is -0.479. The standard InChI is InChI=1S/C13H17BrN2O2/c1-2-16(9-12(15)17)13(18)7-6-10-4-3-5-11(14)8-10/h3-5,8H,2,6-7,9H2,1H3,(H2,15,17). The van der Waals surface area contributed by atoms with Crippen molar-refractivity contribution in [2.45, 2.75) is 19.8 Å². The van der Waals surface area contributed by atoms with Crippen molar-refractivity contribution in [2.75, 3.05) is 13.1 Å². The highest BCUT2D eigenvalue weighted by molar-refractivity contribution is 9.10. The third kappa shape index (κ3) is 4.87. The van der Waals surface area contributed by atoms with E-state index in [0.717, 1.165) is 10.0 Å². The van der Waals surface area contributed by atoms with Gasteiger partial charge in [0.2, 0.25) is 11.8 Å². The number of likely N-dealkylation sites (N-methyl/N-ethyl adjacent to an activating group) is 1. The SMILES string of the molecule is CCN(CC(N)=O)C(=O)CCc1cccc(Br)c1. The Morgan fingerprint density at radius 2 is 2.11 bits per heavy atom. The molecule has 1 aromatic carbocycles. The first-order valence-corrected chi connectivity index (χ1v) is 6.62. The minimum absolute atomic E-state index is 0.00613. The highest BCUT2D eigenvalue weighted by Gasteiger charge is 2.13. The second kappa shape index (κ2) is 7.16. The largest absolute Gasteiger partial charge is 0.368 e. The second-order valence-electron chi connectivity index (χ2n) is 4.00. The molecule has 0 fully saturated rings. The van der Waals surface area contributed by atoms with Crippen molar-refractivity contribution in [3.05, 3.63) is 34.3 Å². The Balaban J connectivity index is 2.51. The smallest absolute Gasteiger partial charge is 0.237 e. The van der Waals surface area contributed by atoms with Crippen molar-refractivity contribution in [3.63, 3.8) is 0 Å².